The van der Waals surface area contributed by atoms with E-state index in [1.807, 2.05) is 31.3 Å². The van der Waals surface area contributed by atoms with Gasteiger partial charge in [-0.1, -0.05) is 23.7 Å². The second-order valence-corrected chi connectivity index (χ2v) is 5.47. The van der Waals surface area contributed by atoms with Crippen molar-refractivity contribution in [2.45, 2.75) is 26.0 Å². The van der Waals surface area contributed by atoms with Gasteiger partial charge in [0.1, 0.15) is 18.2 Å². The Hall–Kier alpha value is -1.58. The minimum Gasteiger partial charge on any atom is -0.489 e. The van der Waals surface area contributed by atoms with E-state index in [0.717, 1.165) is 12.2 Å². The van der Waals surface area contributed by atoms with Gasteiger partial charge in [0.25, 0.3) is 0 Å². The zero-order chi connectivity index (χ0) is 15.2. The summed E-state index contributed by atoms with van der Waals surface area (Å²) >= 11 is 6.01. The van der Waals surface area contributed by atoms with Gasteiger partial charge >= 0.3 is 0 Å². The zero-order valence-electron chi connectivity index (χ0n) is 12.2. The molecule has 1 atom stereocenters. The average Bonchev–Trinajstić information content (AvgIpc) is 2.49. The van der Waals surface area contributed by atoms with Gasteiger partial charge in [-0.15, -0.1) is 0 Å². The van der Waals surface area contributed by atoms with Crippen molar-refractivity contribution in [3.63, 3.8) is 0 Å². The molecule has 0 aliphatic carbocycles. The van der Waals surface area contributed by atoms with Crippen LogP contribution in [0.25, 0.3) is 0 Å². The van der Waals surface area contributed by atoms with E-state index in [-0.39, 0.29) is 12.4 Å². The molecule has 1 unspecified atom stereocenters. The summed E-state index contributed by atoms with van der Waals surface area (Å²) in [5.41, 5.74) is 1.89. The molecule has 0 heterocycles. The number of ether oxygens (including phenoxy) is 1. The first-order valence-electron chi connectivity index (χ1n) is 6.91. The van der Waals surface area contributed by atoms with Crippen LogP contribution in [0.4, 0.5) is 4.39 Å². The van der Waals surface area contributed by atoms with E-state index >= 15 is 0 Å². The van der Waals surface area contributed by atoms with Crippen LogP contribution in [0, 0.1) is 5.82 Å². The van der Waals surface area contributed by atoms with Gasteiger partial charge in [0.05, 0.1) is 0 Å². The molecule has 2 rings (SSSR count). The molecule has 0 spiro atoms. The Kier molecular flexibility index (Phi) is 5.59. The number of likely N-dealkylation sites (N-methyl/N-ethyl adjacent to an activating group) is 1. The third-order valence-corrected chi connectivity index (χ3v) is 3.73. The average molecular weight is 308 g/mol. The first-order chi connectivity index (χ1) is 10.1. The van der Waals surface area contributed by atoms with Gasteiger partial charge < -0.3 is 10.1 Å². The van der Waals surface area contributed by atoms with E-state index < -0.39 is 0 Å². The third kappa shape index (κ3) is 4.73. The lowest BCUT2D eigenvalue weighted by Gasteiger charge is -2.11. The van der Waals surface area contributed by atoms with Crippen LogP contribution < -0.4 is 10.1 Å². The summed E-state index contributed by atoms with van der Waals surface area (Å²) < 4.78 is 18.8. The van der Waals surface area contributed by atoms with Gasteiger partial charge in [-0.25, -0.2) is 4.39 Å². The molecular formula is C17H19ClFNO. The highest BCUT2D eigenvalue weighted by molar-refractivity contribution is 6.31. The quantitative estimate of drug-likeness (QED) is 0.863. The number of hydrogen-bond donors (Lipinski definition) is 1. The predicted octanol–water partition coefficient (Wildman–Crippen LogP) is 4.21. The number of benzene rings is 2. The van der Waals surface area contributed by atoms with Crippen LogP contribution in [-0.4, -0.2) is 13.1 Å². The molecule has 0 aliphatic rings. The number of nitrogens with one attached hydrogen (secondary N) is 1. The first kappa shape index (κ1) is 15.8. The highest BCUT2D eigenvalue weighted by Gasteiger charge is 2.04. The van der Waals surface area contributed by atoms with Crippen molar-refractivity contribution in [2.75, 3.05) is 7.05 Å². The fraction of sp³-hybridized carbons (Fsp3) is 0.294. The molecule has 2 nitrogen and oxygen atoms in total. The molecule has 0 saturated carbocycles. The minimum absolute atomic E-state index is 0.253. The highest BCUT2D eigenvalue weighted by atomic mass is 35.5. The lowest BCUT2D eigenvalue weighted by atomic mass is 10.1. The van der Waals surface area contributed by atoms with Gasteiger partial charge in [-0.2, -0.15) is 0 Å². The summed E-state index contributed by atoms with van der Waals surface area (Å²) in [5, 5.41) is 3.71. The summed E-state index contributed by atoms with van der Waals surface area (Å²) in [7, 11) is 1.95. The molecule has 21 heavy (non-hydrogen) atoms. The molecule has 0 radical (unpaired) electrons. The van der Waals surface area contributed by atoms with E-state index in [1.165, 1.54) is 23.8 Å². The van der Waals surface area contributed by atoms with E-state index in [2.05, 4.69) is 12.2 Å². The molecule has 4 heteroatoms. The van der Waals surface area contributed by atoms with Gasteiger partial charge in [-0.3, -0.25) is 0 Å². The molecule has 112 valence electrons. The first-order valence-corrected chi connectivity index (χ1v) is 7.29. The van der Waals surface area contributed by atoms with Crippen LogP contribution in [0.5, 0.6) is 5.75 Å². The molecule has 2 aromatic rings. The SMILES string of the molecule is CNC(C)Cc1ccc(OCc2cc(F)ccc2Cl)cc1. The molecule has 0 amide bonds. The van der Waals surface area contributed by atoms with Crippen LogP contribution >= 0.6 is 11.6 Å². The van der Waals surface area contributed by atoms with Crippen LogP contribution in [0.2, 0.25) is 5.02 Å². The number of hydrogen-bond acceptors (Lipinski definition) is 2. The fourth-order valence-corrected chi connectivity index (χ4v) is 2.16. The maximum atomic E-state index is 13.2. The Bertz CT molecular complexity index is 586. The molecule has 0 fully saturated rings. The Morgan fingerprint density at radius 3 is 2.57 bits per heavy atom. The summed E-state index contributed by atoms with van der Waals surface area (Å²) in [6, 6.07) is 12.6. The Morgan fingerprint density at radius 1 is 1.19 bits per heavy atom. The maximum absolute atomic E-state index is 13.2. The molecule has 1 N–H and O–H groups in total. The van der Waals surface area contributed by atoms with Gasteiger partial charge in [-0.05, 0) is 56.3 Å². The summed E-state index contributed by atoms with van der Waals surface area (Å²) in [6.45, 7) is 2.39. The Balaban J connectivity index is 1.96. The molecular weight excluding hydrogens is 289 g/mol. The number of halogens is 2. The molecule has 2 aromatic carbocycles. The van der Waals surface area contributed by atoms with Crippen molar-refractivity contribution in [3.05, 3.63) is 64.4 Å². The zero-order valence-corrected chi connectivity index (χ0v) is 13.0. The van der Waals surface area contributed by atoms with Gasteiger partial charge in [0, 0.05) is 16.6 Å². The lowest BCUT2D eigenvalue weighted by Crippen LogP contribution is -2.23. The standard InChI is InChI=1S/C17H19ClFNO/c1-12(20-2)9-13-3-6-16(7-4-13)21-11-14-10-15(19)5-8-17(14)18/h3-8,10,12,20H,9,11H2,1-2H3. The maximum Gasteiger partial charge on any atom is 0.123 e. The van der Waals surface area contributed by atoms with Crippen molar-refractivity contribution in [1.29, 1.82) is 0 Å². The second kappa shape index (κ2) is 7.43. The van der Waals surface area contributed by atoms with Crippen LogP contribution in [-0.2, 0) is 13.0 Å². The highest BCUT2D eigenvalue weighted by Crippen LogP contribution is 2.20. The Morgan fingerprint density at radius 2 is 1.90 bits per heavy atom. The monoisotopic (exact) mass is 307 g/mol. The van der Waals surface area contributed by atoms with Crippen LogP contribution in [0.15, 0.2) is 42.5 Å². The second-order valence-electron chi connectivity index (χ2n) is 5.06. The lowest BCUT2D eigenvalue weighted by molar-refractivity contribution is 0.305. The van der Waals surface area contributed by atoms with Crippen molar-refractivity contribution >= 4 is 11.6 Å². The molecule has 0 bridgehead atoms. The van der Waals surface area contributed by atoms with Gasteiger partial charge in [0.15, 0.2) is 0 Å². The summed E-state index contributed by atoms with van der Waals surface area (Å²) in [6.07, 6.45) is 0.965. The van der Waals surface area contributed by atoms with Crippen LogP contribution in [0.3, 0.4) is 0 Å². The van der Waals surface area contributed by atoms with Crippen molar-refractivity contribution < 1.29 is 9.13 Å². The van der Waals surface area contributed by atoms with E-state index in [4.69, 9.17) is 16.3 Å². The normalized spacial score (nSPS) is 12.2. The molecule has 0 saturated heterocycles. The number of rotatable bonds is 6. The summed E-state index contributed by atoms with van der Waals surface area (Å²) in [5.74, 6) is 0.436. The fourth-order valence-electron chi connectivity index (χ4n) is 1.99. The summed E-state index contributed by atoms with van der Waals surface area (Å²) in [4.78, 5) is 0. The predicted molar refractivity (Wildman–Crippen MR) is 84.4 cm³/mol. The van der Waals surface area contributed by atoms with Crippen molar-refractivity contribution in [3.8, 4) is 5.75 Å². The van der Waals surface area contributed by atoms with E-state index in [0.29, 0.717) is 16.6 Å². The van der Waals surface area contributed by atoms with E-state index in [1.54, 1.807) is 0 Å². The smallest absolute Gasteiger partial charge is 0.123 e. The van der Waals surface area contributed by atoms with Crippen molar-refractivity contribution in [2.24, 2.45) is 0 Å². The topological polar surface area (TPSA) is 21.3 Å². The molecule has 0 aliphatic heterocycles. The minimum atomic E-state index is -0.311. The molecule has 0 aromatic heterocycles. The third-order valence-electron chi connectivity index (χ3n) is 3.36. The van der Waals surface area contributed by atoms with Gasteiger partial charge in [0.2, 0.25) is 0 Å². The largest absolute Gasteiger partial charge is 0.489 e. The van der Waals surface area contributed by atoms with Crippen LogP contribution in [0.1, 0.15) is 18.1 Å². The Labute approximate surface area is 129 Å². The van der Waals surface area contributed by atoms with Crippen molar-refractivity contribution in [1.82, 2.24) is 5.32 Å². The van der Waals surface area contributed by atoms with E-state index in [9.17, 15) is 4.39 Å².